The van der Waals surface area contributed by atoms with E-state index >= 15 is 0 Å². The van der Waals surface area contributed by atoms with Crippen LogP contribution in [0.3, 0.4) is 0 Å². The van der Waals surface area contributed by atoms with E-state index in [0.29, 0.717) is 29.8 Å². The van der Waals surface area contributed by atoms with Crippen LogP contribution in [0.1, 0.15) is 24.5 Å². The molecule has 1 saturated heterocycles. The second kappa shape index (κ2) is 11.0. The SMILES string of the molecule is COc1cccc(NC(=O)[C@@H](OC(=O)C2CCN(S(=O)(=O)c3cccs3)CC2)c2ccccc2)c1. The van der Waals surface area contributed by atoms with Crippen LogP contribution in [0.15, 0.2) is 76.3 Å². The largest absolute Gasteiger partial charge is 0.497 e. The van der Waals surface area contributed by atoms with E-state index in [1.165, 1.54) is 22.8 Å². The topological polar surface area (TPSA) is 102 Å². The number of amides is 1. The molecule has 0 spiro atoms. The zero-order valence-electron chi connectivity index (χ0n) is 19.1. The van der Waals surface area contributed by atoms with Crippen molar-refractivity contribution in [3.8, 4) is 5.75 Å². The molecule has 0 radical (unpaired) electrons. The van der Waals surface area contributed by atoms with E-state index < -0.39 is 33.9 Å². The molecular weight excluding hydrogens is 488 g/mol. The van der Waals surface area contributed by atoms with Gasteiger partial charge in [0.2, 0.25) is 6.10 Å². The third-order valence-corrected chi connectivity index (χ3v) is 9.06. The molecule has 184 valence electrons. The smallest absolute Gasteiger partial charge is 0.310 e. The minimum atomic E-state index is -3.56. The molecular formula is C25H26N2O6S2. The molecule has 3 aromatic rings. The van der Waals surface area contributed by atoms with Gasteiger partial charge in [0.05, 0.1) is 13.0 Å². The lowest BCUT2D eigenvalue weighted by atomic mass is 9.98. The molecule has 10 heteroatoms. The number of methoxy groups -OCH3 is 1. The Morgan fingerprint density at radius 2 is 1.77 bits per heavy atom. The van der Waals surface area contributed by atoms with Gasteiger partial charge in [-0.05, 0) is 36.4 Å². The number of benzene rings is 2. The van der Waals surface area contributed by atoms with Crippen LogP contribution in [0.4, 0.5) is 5.69 Å². The van der Waals surface area contributed by atoms with E-state index in [4.69, 9.17) is 9.47 Å². The number of thiophene rings is 1. The second-order valence-corrected chi connectivity index (χ2v) is 11.2. The Balaban J connectivity index is 1.44. The van der Waals surface area contributed by atoms with Crippen LogP contribution < -0.4 is 10.1 Å². The Bertz CT molecular complexity index is 1250. The fourth-order valence-electron chi connectivity index (χ4n) is 3.89. The average Bonchev–Trinajstić information content (AvgIpc) is 3.44. The van der Waals surface area contributed by atoms with Crippen LogP contribution in [0, 0.1) is 5.92 Å². The van der Waals surface area contributed by atoms with Crippen molar-refractivity contribution in [1.82, 2.24) is 4.31 Å². The second-order valence-electron chi connectivity index (χ2n) is 8.06. The van der Waals surface area contributed by atoms with Gasteiger partial charge in [-0.25, -0.2) is 8.42 Å². The summed E-state index contributed by atoms with van der Waals surface area (Å²) in [6.07, 6.45) is -0.506. The predicted molar refractivity (Wildman–Crippen MR) is 133 cm³/mol. The van der Waals surface area contributed by atoms with Crippen molar-refractivity contribution in [2.24, 2.45) is 5.92 Å². The van der Waals surface area contributed by atoms with Crippen LogP contribution in [0.2, 0.25) is 0 Å². The summed E-state index contributed by atoms with van der Waals surface area (Å²) >= 11 is 1.17. The number of carbonyl (C=O) groups excluding carboxylic acids is 2. The van der Waals surface area contributed by atoms with Crippen LogP contribution >= 0.6 is 11.3 Å². The van der Waals surface area contributed by atoms with Gasteiger partial charge in [0.1, 0.15) is 9.96 Å². The number of rotatable bonds is 8. The molecule has 2 heterocycles. The summed E-state index contributed by atoms with van der Waals surface area (Å²) in [7, 11) is -2.03. The van der Waals surface area contributed by atoms with Gasteiger partial charge in [0.25, 0.3) is 15.9 Å². The van der Waals surface area contributed by atoms with Crippen LogP contribution in [-0.4, -0.2) is 44.8 Å². The molecule has 4 rings (SSSR count). The summed E-state index contributed by atoms with van der Waals surface area (Å²) in [5, 5.41) is 4.50. The zero-order valence-corrected chi connectivity index (χ0v) is 20.8. The fraction of sp³-hybridized carbons (Fsp3) is 0.280. The molecule has 1 aliphatic rings. The summed E-state index contributed by atoms with van der Waals surface area (Å²) in [6.45, 7) is 0.429. The number of carbonyl (C=O) groups is 2. The molecule has 35 heavy (non-hydrogen) atoms. The molecule has 1 fully saturated rings. The van der Waals surface area contributed by atoms with Crippen molar-refractivity contribution in [1.29, 1.82) is 0 Å². The Labute approximate surface area is 208 Å². The number of nitrogens with one attached hydrogen (secondary N) is 1. The Morgan fingerprint density at radius 1 is 1.03 bits per heavy atom. The van der Waals surface area contributed by atoms with Gasteiger partial charge >= 0.3 is 5.97 Å². The number of hydrogen-bond acceptors (Lipinski definition) is 7. The Kier molecular flexibility index (Phi) is 7.84. The van der Waals surface area contributed by atoms with Gasteiger partial charge in [0.15, 0.2) is 0 Å². The lowest BCUT2D eigenvalue weighted by molar-refractivity contribution is -0.160. The molecule has 0 unspecified atom stereocenters. The molecule has 8 nitrogen and oxygen atoms in total. The normalized spacial score (nSPS) is 15.8. The van der Waals surface area contributed by atoms with Crippen molar-refractivity contribution >= 4 is 38.9 Å². The summed E-state index contributed by atoms with van der Waals surface area (Å²) in [4.78, 5) is 26.2. The highest BCUT2D eigenvalue weighted by molar-refractivity contribution is 7.91. The number of nitrogens with zero attached hydrogens (tertiary/aromatic N) is 1. The first kappa shape index (κ1) is 24.9. The van der Waals surface area contributed by atoms with Gasteiger partial charge in [-0.2, -0.15) is 4.31 Å². The van der Waals surface area contributed by atoms with Crippen molar-refractivity contribution < 1.29 is 27.5 Å². The number of hydrogen-bond donors (Lipinski definition) is 1. The highest BCUT2D eigenvalue weighted by Gasteiger charge is 2.35. The quantitative estimate of drug-likeness (QED) is 0.455. The van der Waals surface area contributed by atoms with E-state index in [-0.39, 0.29) is 17.3 Å². The van der Waals surface area contributed by atoms with Crippen LogP contribution in [-0.2, 0) is 24.3 Å². The Hall–Kier alpha value is -3.21. The lowest BCUT2D eigenvalue weighted by Crippen LogP contribution is -2.41. The van der Waals surface area contributed by atoms with E-state index in [2.05, 4.69) is 5.32 Å². The van der Waals surface area contributed by atoms with E-state index in [1.54, 1.807) is 66.0 Å². The van der Waals surface area contributed by atoms with Gasteiger partial charge in [-0.3, -0.25) is 9.59 Å². The summed E-state index contributed by atoms with van der Waals surface area (Å²) in [5.41, 5.74) is 1.05. The molecule has 1 amide bonds. The van der Waals surface area contributed by atoms with Crippen LogP contribution in [0.5, 0.6) is 5.75 Å². The van der Waals surface area contributed by atoms with Crippen molar-refractivity contribution in [3.63, 3.8) is 0 Å². The summed E-state index contributed by atoms with van der Waals surface area (Å²) < 4.78 is 38.1. The number of sulfonamides is 1. The first-order chi connectivity index (χ1) is 16.9. The monoisotopic (exact) mass is 514 g/mol. The van der Waals surface area contributed by atoms with E-state index in [1.807, 2.05) is 6.07 Å². The molecule has 1 atom stereocenters. The van der Waals surface area contributed by atoms with Gasteiger partial charge in [-0.1, -0.05) is 42.5 Å². The first-order valence-corrected chi connectivity index (χ1v) is 13.4. The van der Waals surface area contributed by atoms with E-state index in [9.17, 15) is 18.0 Å². The molecule has 2 aromatic carbocycles. The number of anilines is 1. The molecule has 1 aromatic heterocycles. The van der Waals surface area contributed by atoms with Crippen molar-refractivity contribution in [2.75, 3.05) is 25.5 Å². The Morgan fingerprint density at radius 3 is 2.43 bits per heavy atom. The number of ether oxygens (including phenoxy) is 2. The molecule has 0 aliphatic carbocycles. The number of piperidine rings is 1. The van der Waals surface area contributed by atoms with Crippen LogP contribution in [0.25, 0.3) is 0 Å². The summed E-state index contributed by atoms with van der Waals surface area (Å²) in [6, 6.07) is 19.0. The predicted octanol–water partition coefficient (Wildman–Crippen LogP) is 4.08. The van der Waals surface area contributed by atoms with E-state index in [0.717, 1.165) is 0 Å². The minimum absolute atomic E-state index is 0.214. The maximum atomic E-state index is 13.1. The lowest BCUT2D eigenvalue weighted by Gasteiger charge is -2.30. The molecule has 1 N–H and O–H groups in total. The third-order valence-electron chi connectivity index (χ3n) is 5.79. The molecule has 0 bridgehead atoms. The van der Waals surface area contributed by atoms with Gasteiger partial charge in [-0.15, -0.1) is 11.3 Å². The number of esters is 1. The highest BCUT2D eigenvalue weighted by atomic mass is 32.2. The molecule has 0 saturated carbocycles. The van der Waals surface area contributed by atoms with Crippen molar-refractivity contribution in [2.45, 2.75) is 23.2 Å². The maximum absolute atomic E-state index is 13.1. The zero-order chi connectivity index (χ0) is 24.8. The highest BCUT2D eigenvalue weighted by Crippen LogP contribution is 2.29. The van der Waals surface area contributed by atoms with Gasteiger partial charge < -0.3 is 14.8 Å². The first-order valence-electron chi connectivity index (χ1n) is 11.1. The maximum Gasteiger partial charge on any atom is 0.310 e. The minimum Gasteiger partial charge on any atom is -0.497 e. The standard InChI is InChI=1S/C25H26N2O6S2/c1-32-21-10-5-9-20(17-21)26-24(28)23(18-7-3-2-4-8-18)33-25(29)19-12-14-27(15-13-19)35(30,31)22-11-6-16-34-22/h2-11,16-17,19,23H,12-15H2,1H3,(H,26,28)/t23-/m0/s1. The summed E-state index contributed by atoms with van der Waals surface area (Å²) in [5.74, 6) is -0.927. The van der Waals surface area contributed by atoms with Gasteiger partial charge in [0, 0.05) is 30.4 Å². The average molecular weight is 515 g/mol. The van der Waals surface area contributed by atoms with Crippen molar-refractivity contribution in [3.05, 3.63) is 77.7 Å². The fourth-order valence-corrected chi connectivity index (χ4v) is 6.51. The molecule has 1 aliphatic heterocycles. The third kappa shape index (κ3) is 5.90.